The molecule has 133 valence electrons. The summed E-state index contributed by atoms with van der Waals surface area (Å²) in [6, 6.07) is -1.15. The molecule has 0 aromatic rings. The van der Waals surface area contributed by atoms with Gasteiger partial charge in [0.25, 0.3) is 5.97 Å². The van der Waals surface area contributed by atoms with E-state index in [2.05, 4.69) is 10.6 Å². The van der Waals surface area contributed by atoms with Gasteiger partial charge in [0.15, 0.2) is 0 Å². The van der Waals surface area contributed by atoms with Gasteiger partial charge in [-0.15, -0.1) is 12.3 Å². The molecule has 7 nitrogen and oxygen atoms in total. The van der Waals surface area contributed by atoms with E-state index in [4.69, 9.17) is 34.7 Å². The fourth-order valence-corrected chi connectivity index (χ4v) is 1.84. The summed E-state index contributed by atoms with van der Waals surface area (Å²) in [7, 11) is 0. The Morgan fingerprint density at radius 2 is 1.64 bits per heavy atom. The van der Waals surface area contributed by atoms with Crippen LogP contribution in [0.5, 0.6) is 0 Å². The zero-order valence-electron chi connectivity index (χ0n) is 12.6. The first-order valence-electron chi connectivity index (χ1n) is 6.50. The monoisotopic (exact) mass is 434 g/mol. The van der Waals surface area contributed by atoms with E-state index in [1.807, 2.05) is 0 Å². The topological polar surface area (TPSA) is 107 Å². The molecule has 0 rings (SSSR count). The van der Waals surface area contributed by atoms with Crippen LogP contribution in [-0.4, -0.2) is 61.8 Å². The summed E-state index contributed by atoms with van der Waals surface area (Å²) in [6.45, 7) is 4.86. The van der Waals surface area contributed by atoms with E-state index in [0.717, 1.165) is 0 Å². The molecule has 0 saturated carbocycles. The van der Waals surface area contributed by atoms with Crippen molar-refractivity contribution in [3.05, 3.63) is 5.32 Å². The van der Waals surface area contributed by atoms with Gasteiger partial charge in [0.1, 0.15) is 0 Å². The molecule has 1 radical (unpaired) electrons. The molecule has 0 amide bonds. The molecule has 0 aromatic heterocycles. The molecule has 0 saturated heterocycles. The minimum atomic E-state index is -0.628. The first-order valence-corrected chi connectivity index (χ1v) is 7.65. The summed E-state index contributed by atoms with van der Waals surface area (Å²) in [5, 5.41) is 7.09. The molecule has 10 heteroatoms. The van der Waals surface area contributed by atoms with Crippen molar-refractivity contribution >= 4 is 37.2 Å². The average Bonchev–Trinajstić information content (AvgIpc) is 2.43. The van der Waals surface area contributed by atoms with Crippen molar-refractivity contribution in [2.24, 2.45) is 0 Å². The quantitative estimate of drug-likeness (QED) is 0.272. The van der Waals surface area contributed by atoms with Crippen LogP contribution in [0.3, 0.4) is 0 Å². The van der Waals surface area contributed by atoms with Crippen LogP contribution in [0.15, 0.2) is 0 Å². The second-order valence-electron chi connectivity index (χ2n) is 3.77. The van der Waals surface area contributed by atoms with Gasteiger partial charge in [-0.05, 0) is 20.4 Å². The number of nitrogens with one attached hydrogen (secondary N) is 1. The van der Waals surface area contributed by atoms with Crippen LogP contribution in [0.25, 0.3) is 5.32 Å². The Labute approximate surface area is 156 Å². The van der Waals surface area contributed by atoms with Crippen LogP contribution in [0.4, 0.5) is 0 Å². The number of hydrogen-bond donors (Lipinski definition) is 1. The first-order chi connectivity index (χ1) is 9.60. The zero-order valence-corrected chi connectivity index (χ0v) is 16.1. The van der Waals surface area contributed by atoms with Crippen molar-refractivity contribution < 1.29 is 44.6 Å². The fraction of sp³-hybridized carbons (Fsp3) is 0.833. The van der Waals surface area contributed by atoms with Crippen LogP contribution in [0.1, 0.15) is 13.8 Å². The number of carbonyl (C=O) groups is 2. The third-order valence-corrected chi connectivity index (χ3v) is 2.96. The SMILES string of the molecule is CCOC(=O)[C@H](C[S-])[N-]CCN[C@@H](C[S-])C(=O)OCC.[O-2].[Tc]. The third kappa shape index (κ3) is 11.7. The van der Waals surface area contributed by atoms with Gasteiger partial charge in [0, 0.05) is 20.1 Å². The molecule has 2 atom stereocenters. The van der Waals surface area contributed by atoms with E-state index in [1.54, 1.807) is 13.8 Å². The smallest absolute Gasteiger partial charge is 0.321 e. The Kier molecular flexibility index (Phi) is 21.5. The van der Waals surface area contributed by atoms with Crippen molar-refractivity contribution in [1.82, 2.24) is 5.32 Å². The molecule has 0 unspecified atom stereocenters. The van der Waals surface area contributed by atoms with Crippen molar-refractivity contribution in [3.63, 3.8) is 0 Å². The Bertz CT molecular complexity index is 273. The second kappa shape index (κ2) is 17.5. The van der Waals surface area contributed by atoms with Crippen LogP contribution in [0, 0.1) is 0 Å². The average molecular weight is 435 g/mol. The van der Waals surface area contributed by atoms with Crippen molar-refractivity contribution in [1.29, 1.82) is 0 Å². The molecule has 0 aliphatic carbocycles. The minimum absolute atomic E-state index is 0. The zero-order chi connectivity index (χ0) is 15.4. The van der Waals surface area contributed by atoms with Crippen LogP contribution in [0.2, 0.25) is 0 Å². The predicted octanol–water partition coefficient (Wildman–Crippen LogP) is -0.214. The molecule has 0 aliphatic heterocycles. The molecule has 0 spiro atoms. The second-order valence-corrected chi connectivity index (χ2v) is 4.43. The fourth-order valence-electron chi connectivity index (χ4n) is 1.35. The first kappa shape index (κ1) is 27.0. The predicted molar refractivity (Wildman–Crippen MR) is 82.2 cm³/mol. The van der Waals surface area contributed by atoms with Gasteiger partial charge in [-0.25, -0.2) is 0 Å². The van der Waals surface area contributed by atoms with Gasteiger partial charge in [-0.1, -0.05) is 6.04 Å². The maximum Gasteiger partial charge on any atom is 0.321 e. The Balaban J connectivity index is -0.00000180. The van der Waals surface area contributed by atoms with Gasteiger partial charge >= 0.3 is 5.97 Å². The van der Waals surface area contributed by atoms with E-state index in [-0.39, 0.29) is 43.1 Å². The molecule has 0 bridgehead atoms. The van der Waals surface area contributed by atoms with Crippen LogP contribution in [-0.2, 0) is 69.9 Å². The molecule has 0 aromatic carbocycles. The van der Waals surface area contributed by atoms with Crippen molar-refractivity contribution in [2.45, 2.75) is 25.9 Å². The Morgan fingerprint density at radius 3 is 2.09 bits per heavy atom. The summed E-state index contributed by atoms with van der Waals surface area (Å²) in [6.07, 6.45) is 0. The summed E-state index contributed by atoms with van der Waals surface area (Å²) in [5.41, 5.74) is 0. The summed E-state index contributed by atoms with van der Waals surface area (Å²) < 4.78 is 9.73. The number of hydrogen-bond acceptors (Lipinski definition) is 7. The molecule has 0 aliphatic rings. The Morgan fingerprint density at radius 1 is 1.09 bits per heavy atom. The maximum atomic E-state index is 11.5. The minimum Gasteiger partial charge on any atom is -2.00 e. The van der Waals surface area contributed by atoms with Gasteiger partial charge in [-0.3, -0.25) is 9.59 Å². The number of ether oxygens (including phenoxy) is 2. The standard InChI is InChI=1S/C12H23N2O4S2.O.Tc/c1-3-17-11(15)9(7-19)13-5-6-14-10(8-20)12(16)18-4-2;;/h9-10,13,19-20H,3-8H2,1-2H3;;/q-1;-2;/p-2/t9-,10-;;/m0../s1. The summed E-state index contributed by atoms with van der Waals surface area (Å²) in [5.74, 6) is -0.372. The van der Waals surface area contributed by atoms with Crippen molar-refractivity contribution in [2.75, 3.05) is 37.8 Å². The summed E-state index contributed by atoms with van der Waals surface area (Å²) >= 11 is 9.74. The van der Waals surface area contributed by atoms with Gasteiger partial charge < -0.3 is 50.8 Å². The molecule has 0 heterocycles. The molecule has 1 N–H and O–H groups in total. The normalized spacial score (nSPS) is 12.4. The molecular formula is C12H21N2O5S2Tc-5. The van der Waals surface area contributed by atoms with E-state index < -0.39 is 18.1 Å². The maximum absolute atomic E-state index is 11.5. The van der Waals surface area contributed by atoms with Gasteiger partial charge in [0.2, 0.25) is 0 Å². The largest absolute Gasteiger partial charge is 2.00 e. The number of esters is 2. The number of rotatable bonds is 11. The molecule has 0 fully saturated rings. The number of carbonyl (C=O) groups excluding carboxylic acids is 2. The summed E-state index contributed by atoms with van der Waals surface area (Å²) in [4.78, 5) is 22.9. The van der Waals surface area contributed by atoms with E-state index in [0.29, 0.717) is 26.3 Å². The Hall–Kier alpha value is 0.169. The number of nitrogens with zero attached hydrogens (tertiary/aromatic N) is 1. The van der Waals surface area contributed by atoms with Crippen LogP contribution < -0.4 is 5.32 Å². The molecule has 22 heavy (non-hydrogen) atoms. The van der Waals surface area contributed by atoms with E-state index in [9.17, 15) is 9.59 Å². The van der Waals surface area contributed by atoms with Gasteiger partial charge in [-0.2, -0.15) is 5.75 Å². The third-order valence-electron chi connectivity index (χ3n) is 2.31. The van der Waals surface area contributed by atoms with Crippen molar-refractivity contribution in [3.8, 4) is 0 Å². The van der Waals surface area contributed by atoms with E-state index in [1.165, 1.54) is 0 Å². The molecular weight excluding hydrogens is 414 g/mol. The van der Waals surface area contributed by atoms with Gasteiger partial charge in [0.05, 0.1) is 19.3 Å². The van der Waals surface area contributed by atoms with Crippen LogP contribution >= 0.6 is 0 Å². The van der Waals surface area contributed by atoms with E-state index >= 15 is 0 Å².